The van der Waals surface area contributed by atoms with Gasteiger partial charge in [0.2, 0.25) is 0 Å². The molecule has 2 rings (SSSR count). The molecule has 0 aliphatic rings. The molecule has 0 amide bonds. The maximum atomic E-state index is 12.7. The molecule has 1 heterocycles. The molecule has 0 saturated carbocycles. The quantitative estimate of drug-likeness (QED) is 0.877. The van der Waals surface area contributed by atoms with Crippen LogP contribution in [0.1, 0.15) is 10.9 Å². The molecule has 2 N–H and O–H groups in total. The van der Waals surface area contributed by atoms with Crippen molar-refractivity contribution in [2.45, 2.75) is 10.9 Å². The number of hydrogen-bond acceptors (Lipinski definition) is 4. The van der Waals surface area contributed by atoms with Crippen LogP contribution in [0.25, 0.3) is 0 Å². The van der Waals surface area contributed by atoms with Crippen molar-refractivity contribution in [1.82, 2.24) is 0 Å². The van der Waals surface area contributed by atoms with Crippen LogP contribution in [-0.2, 0) is 9.84 Å². The van der Waals surface area contributed by atoms with Crippen molar-refractivity contribution < 1.29 is 12.8 Å². The van der Waals surface area contributed by atoms with Crippen molar-refractivity contribution >= 4 is 21.2 Å². The minimum Gasteiger partial charge on any atom is -0.322 e. The lowest BCUT2D eigenvalue weighted by Crippen LogP contribution is -2.21. The first kappa shape index (κ1) is 13.2. The van der Waals surface area contributed by atoms with Gasteiger partial charge in [0, 0.05) is 4.88 Å². The monoisotopic (exact) mass is 285 g/mol. The molecule has 0 radical (unpaired) electrons. The Hall–Kier alpha value is -1.24. The third-order valence-corrected chi connectivity index (χ3v) is 5.27. The molecular formula is C12H12FNO2S2. The van der Waals surface area contributed by atoms with E-state index < -0.39 is 21.7 Å². The van der Waals surface area contributed by atoms with Crippen molar-refractivity contribution in [2.24, 2.45) is 5.73 Å². The number of thiophene rings is 1. The predicted octanol–water partition coefficient (Wildman–Crippen LogP) is 2.36. The molecule has 0 saturated heterocycles. The second-order valence-electron chi connectivity index (χ2n) is 3.86. The van der Waals surface area contributed by atoms with E-state index in [9.17, 15) is 12.8 Å². The molecule has 0 aliphatic heterocycles. The Labute approximate surface area is 109 Å². The number of benzene rings is 1. The zero-order chi connectivity index (χ0) is 13.2. The van der Waals surface area contributed by atoms with Crippen LogP contribution in [0.3, 0.4) is 0 Å². The van der Waals surface area contributed by atoms with Crippen LogP contribution in [-0.4, -0.2) is 14.2 Å². The highest BCUT2D eigenvalue weighted by Crippen LogP contribution is 2.21. The topological polar surface area (TPSA) is 60.2 Å². The van der Waals surface area contributed by atoms with Gasteiger partial charge >= 0.3 is 0 Å². The Bertz CT molecular complexity index is 606. The standard InChI is InChI=1S/C12H12FNO2S2/c13-9-3-5-10(6-4-9)18(15,16)8-11(14)12-2-1-7-17-12/h1-7,11H,8,14H2. The molecule has 0 fully saturated rings. The molecule has 1 atom stereocenters. The Kier molecular flexibility index (Phi) is 3.79. The van der Waals surface area contributed by atoms with Crippen molar-refractivity contribution in [3.8, 4) is 0 Å². The molecule has 3 nitrogen and oxygen atoms in total. The lowest BCUT2D eigenvalue weighted by molar-refractivity contribution is 0.588. The van der Waals surface area contributed by atoms with Gasteiger partial charge in [0.15, 0.2) is 9.84 Å². The van der Waals surface area contributed by atoms with Crippen LogP contribution in [0.4, 0.5) is 4.39 Å². The van der Waals surface area contributed by atoms with Crippen LogP contribution < -0.4 is 5.73 Å². The summed E-state index contributed by atoms with van der Waals surface area (Å²) in [5, 5.41) is 1.85. The van der Waals surface area contributed by atoms with Gasteiger partial charge in [-0.3, -0.25) is 0 Å². The van der Waals surface area contributed by atoms with Gasteiger partial charge in [-0.25, -0.2) is 12.8 Å². The molecule has 0 spiro atoms. The zero-order valence-corrected chi connectivity index (χ0v) is 11.0. The maximum Gasteiger partial charge on any atom is 0.180 e. The molecule has 1 aromatic heterocycles. The zero-order valence-electron chi connectivity index (χ0n) is 9.41. The molecular weight excluding hydrogens is 273 g/mol. The van der Waals surface area contributed by atoms with E-state index in [2.05, 4.69) is 0 Å². The summed E-state index contributed by atoms with van der Waals surface area (Å²) in [4.78, 5) is 0.914. The van der Waals surface area contributed by atoms with E-state index in [-0.39, 0.29) is 10.6 Å². The summed E-state index contributed by atoms with van der Waals surface area (Å²) in [5.41, 5.74) is 5.85. The van der Waals surface area contributed by atoms with E-state index >= 15 is 0 Å². The summed E-state index contributed by atoms with van der Waals surface area (Å²) >= 11 is 1.42. The smallest absolute Gasteiger partial charge is 0.180 e. The Morgan fingerprint density at radius 3 is 2.44 bits per heavy atom. The highest BCUT2D eigenvalue weighted by molar-refractivity contribution is 7.91. The number of sulfone groups is 1. The second-order valence-corrected chi connectivity index (χ2v) is 6.87. The van der Waals surface area contributed by atoms with E-state index in [1.165, 1.54) is 23.5 Å². The minimum atomic E-state index is -3.49. The molecule has 1 aromatic carbocycles. The maximum absolute atomic E-state index is 12.7. The fourth-order valence-corrected chi connectivity index (χ4v) is 3.79. The molecule has 0 aliphatic carbocycles. The van der Waals surface area contributed by atoms with Gasteiger partial charge in [0.05, 0.1) is 16.7 Å². The van der Waals surface area contributed by atoms with Gasteiger partial charge in [0.25, 0.3) is 0 Å². The van der Waals surface area contributed by atoms with Gasteiger partial charge in [-0.05, 0) is 35.7 Å². The van der Waals surface area contributed by atoms with Crippen LogP contribution in [0.5, 0.6) is 0 Å². The van der Waals surface area contributed by atoms with Crippen molar-refractivity contribution in [3.63, 3.8) is 0 Å². The van der Waals surface area contributed by atoms with Gasteiger partial charge < -0.3 is 5.73 Å². The Morgan fingerprint density at radius 2 is 1.89 bits per heavy atom. The predicted molar refractivity (Wildman–Crippen MR) is 69.7 cm³/mol. The molecule has 18 heavy (non-hydrogen) atoms. The third kappa shape index (κ3) is 2.95. The summed E-state index contributed by atoms with van der Waals surface area (Å²) < 4.78 is 36.8. The summed E-state index contributed by atoms with van der Waals surface area (Å²) in [7, 11) is -3.49. The highest BCUT2D eigenvalue weighted by atomic mass is 32.2. The van der Waals surface area contributed by atoms with E-state index in [0.717, 1.165) is 17.0 Å². The van der Waals surface area contributed by atoms with Gasteiger partial charge in [-0.2, -0.15) is 0 Å². The first-order valence-corrected chi connectivity index (χ1v) is 7.79. The van der Waals surface area contributed by atoms with Gasteiger partial charge in [-0.1, -0.05) is 6.07 Å². The van der Waals surface area contributed by atoms with Crippen LogP contribution >= 0.6 is 11.3 Å². The first-order chi connectivity index (χ1) is 8.49. The summed E-state index contributed by atoms with van der Waals surface area (Å²) in [6, 6.07) is 7.84. The molecule has 2 aromatic rings. The summed E-state index contributed by atoms with van der Waals surface area (Å²) in [5.74, 6) is -0.643. The molecule has 1 unspecified atom stereocenters. The van der Waals surface area contributed by atoms with Crippen molar-refractivity contribution in [3.05, 3.63) is 52.5 Å². The van der Waals surface area contributed by atoms with E-state index in [4.69, 9.17) is 5.73 Å². The third-order valence-electron chi connectivity index (χ3n) is 2.48. The van der Waals surface area contributed by atoms with Gasteiger partial charge in [-0.15, -0.1) is 11.3 Å². The normalized spacial score (nSPS) is 13.4. The van der Waals surface area contributed by atoms with Gasteiger partial charge in [0.1, 0.15) is 5.82 Å². The van der Waals surface area contributed by atoms with Crippen LogP contribution in [0, 0.1) is 5.82 Å². The Morgan fingerprint density at radius 1 is 1.22 bits per heavy atom. The molecule has 6 heteroatoms. The lowest BCUT2D eigenvalue weighted by Gasteiger charge is -2.10. The highest BCUT2D eigenvalue weighted by Gasteiger charge is 2.20. The average molecular weight is 285 g/mol. The minimum absolute atomic E-state index is 0.0934. The van der Waals surface area contributed by atoms with Crippen molar-refractivity contribution in [1.29, 1.82) is 0 Å². The Balaban J connectivity index is 2.20. The van der Waals surface area contributed by atoms with E-state index in [1.807, 2.05) is 11.4 Å². The van der Waals surface area contributed by atoms with Crippen molar-refractivity contribution in [2.75, 3.05) is 5.75 Å². The first-order valence-electron chi connectivity index (χ1n) is 5.26. The number of rotatable bonds is 4. The number of halogens is 1. The fourth-order valence-electron chi connectivity index (χ4n) is 1.56. The second kappa shape index (κ2) is 5.17. The number of nitrogens with two attached hydrogens (primary N) is 1. The van der Waals surface area contributed by atoms with Crippen LogP contribution in [0.2, 0.25) is 0 Å². The van der Waals surface area contributed by atoms with E-state index in [0.29, 0.717) is 0 Å². The SMILES string of the molecule is NC(CS(=O)(=O)c1ccc(F)cc1)c1cccs1. The molecule has 0 bridgehead atoms. The van der Waals surface area contributed by atoms with Crippen LogP contribution in [0.15, 0.2) is 46.7 Å². The average Bonchev–Trinajstić information content (AvgIpc) is 2.82. The number of hydrogen-bond donors (Lipinski definition) is 1. The largest absolute Gasteiger partial charge is 0.322 e. The lowest BCUT2D eigenvalue weighted by atomic mass is 10.3. The van der Waals surface area contributed by atoms with E-state index in [1.54, 1.807) is 6.07 Å². The molecule has 96 valence electrons. The summed E-state index contributed by atoms with van der Waals surface area (Å²) in [6.45, 7) is 0. The summed E-state index contributed by atoms with van der Waals surface area (Å²) in [6.07, 6.45) is 0. The fraction of sp³-hybridized carbons (Fsp3) is 0.167.